The summed E-state index contributed by atoms with van der Waals surface area (Å²) < 4.78 is 2.13. The third-order valence-electron chi connectivity index (χ3n) is 3.22. The van der Waals surface area contributed by atoms with Gasteiger partial charge >= 0.3 is 0 Å². The molecule has 4 nitrogen and oxygen atoms in total. The Hall–Kier alpha value is -1.68. The van der Waals surface area contributed by atoms with Crippen molar-refractivity contribution in [3.05, 3.63) is 35.2 Å². The first-order valence-corrected chi connectivity index (χ1v) is 6.57. The van der Waals surface area contributed by atoms with Crippen LogP contribution in [0.5, 0.6) is 0 Å². The molecule has 2 aromatic rings. The highest BCUT2D eigenvalue weighted by Gasteiger charge is 2.23. The highest BCUT2D eigenvalue weighted by Crippen LogP contribution is 2.28. The minimum Gasteiger partial charge on any atom is -0.324 e. The molecule has 2 rings (SSSR count). The zero-order chi connectivity index (χ0) is 14.2. The molecule has 1 aromatic heterocycles. The lowest BCUT2D eigenvalue weighted by molar-refractivity contribution is 0.386. The summed E-state index contributed by atoms with van der Waals surface area (Å²) in [5.41, 5.74) is 9.24. The number of rotatable bonds is 2. The molecular formula is C15H22N4. The molecule has 0 saturated heterocycles. The molecule has 0 unspecified atom stereocenters. The second-order valence-corrected chi connectivity index (χ2v) is 5.97. The fourth-order valence-electron chi connectivity index (χ4n) is 2.30. The van der Waals surface area contributed by atoms with Gasteiger partial charge in [0.05, 0.1) is 6.54 Å². The summed E-state index contributed by atoms with van der Waals surface area (Å²) >= 11 is 0. The van der Waals surface area contributed by atoms with Crippen molar-refractivity contribution >= 4 is 0 Å². The van der Waals surface area contributed by atoms with Gasteiger partial charge in [-0.1, -0.05) is 17.7 Å². The van der Waals surface area contributed by atoms with Crippen LogP contribution in [0.1, 0.15) is 37.7 Å². The van der Waals surface area contributed by atoms with Crippen molar-refractivity contribution in [3.8, 4) is 11.4 Å². The smallest absolute Gasteiger partial charge is 0.164 e. The maximum Gasteiger partial charge on any atom is 0.164 e. The lowest BCUT2D eigenvalue weighted by Gasteiger charge is -2.25. The van der Waals surface area contributed by atoms with Crippen LogP contribution in [-0.2, 0) is 12.1 Å². The van der Waals surface area contributed by atoms with Crippen LogP contribution in [0.25, 0.3) is 11.4 Å². The van der Waals surface area contributed by atoms with Crippen LogP contribution < -0.4 is 5.73 Å². The Morgan fingerprint density at radius 2 is 1.84 bits per heavy atom. The maximum absolute atomic E-state index is 5.78. The Balaban J connectivity index is 2.69. The average molecular weight is 258 g/mol. The second kappa shape index (κ2) is 4.78. The molecular weight excluding hydrogens is 236 g/mol. The minimum atomic E-state index is -0.0935. The first kappa shape index (κ1) is 13.7. The first-order valence-electron chi connectivity index (χ1n) is 6.57. The highest BCUT2D eigenvalue weighted by molar-refractivity contribution is 5.61. The molecule has 1 heterocycles. The minimum absolute atomic E-state index is 0.0935. The van der Waals surface area contributed by atoms with Gasteiger partial charge in [-0.05, 0) is 46.2 Å². The topological polar surface area (TPSA) is 56.7 Å². The van der Waals surface area contributed by atoms with Crippen LogP contribution in [0.15, 0.2) is 18.2 Å². The number of aromatic nitrogens is 3. The van der Waals surface area contributed by atoms with Gasteiger partial charge in [0.2, 0.25) is 0 Å². The maximum atomic E-state index is 5.78. The van der Waals surface area contributed by atoms with Crippen LogP contribution in [0, 0.1) is 13.8 Å². The lowest BCUT2D eigenvalue weighted by Crippen LogP contribution is -2.26. The van der Waals surface area contributed by atoms with Crippen molar-refractivity contribution in [2.45, 2.75) is 46.7 Å². The lowest BCUT2D eigenvalue weighted by atomic mass is 10.0. The Labute approximate surface area is 114 Å². The SMILES string of the molecule is Cc1ccc(C)c(-c2nnc(CN)n2C(C)(C)C)c1. The van der Waals surface area contributed by atoms with E-state index in [9.17, 15) is 0 Å². The van der Waals surface area contributed by atoms with Crippen LogP contribution in [0.2, 0.25) is 0 Å². The van der Waals surface area contributed by atoms with E-state index < -0.39 is 0 Å². The van der Waals surface area contributed by atoms with E-state index in [4.69, 9.17) is 5.73 Å². The molecule has 1 aromatic carbocycles. The normalized spacial score (nSPS) is 11.9. The quantitative estimate of drug-likeness (QED) is 0.901. The van der Waals surface area contributed by atoms with Crippen molar-refractivity contribution in [2.24, 2.45) is 5.73 Å². The molecule has 0 aliphatic heterocycles. The van der Waals surface area contributed by atoms with E-state index >= 15 is 0 Å². The van der Waals surface area contributed by atoms with Gasteiger partial charge in [-0.2, -0.15) is 0 Å². The van der Waals surface area contributed by atoms with E-state index in [1.165, 1.54) is 11.1 Å². The van der Waals surface area contributed by atoms with E-state index in [-0.39, 0.29) is 5.54 Å². The van der Waals surface area contributed by atoms with Crippen molar-refractivity contribution in [3.63, 3.8) is 0 Å². The summed E-state index contributed by atoms with van der Waals surface area (Å²) in [7, 11) is 0. The molecule has 19 heavy (non-hydrogen) atoms. The standard InChI is InChI=1S/C15H22N4/c1-10-6-7-11(2)12(8-10)14-18-17-13(9-16)19(14)15(3,4)5/h6-8H,9,16H2,1-5H3. The molecule has 2 N–H and O–H groups in total. The first-order chi connectivity index (χ1) is 8.84. The molecule has 0 bridgehead atoms. The molecule has 0 aliphatic rings. The van der Waals surface area contributed by atoms with E-state index in [2.05, 4.69) is 67.6 Å². The second-order valence-electron chi connectivity index (χ2n) is 5.97. The van der Waals surface area contributed by atoms with Crippen molar-refractivity contribution < 1.29 is 0 Å². The molecule has 0 spiro atoms. The van der Waals surface area contributed by atoms with Crippen LogP contribution in [0.4, 0.5) is 0 Å². The molecule has 0 atom stereocenters. The van der Waals surface area contributed by atoms with Gasteiger partial charge in [0.15, 0.2) is 5.82 Å². The zero-order valence-corrected chi connectivity index (χ0v) is 12.4. The van der Waals surface area contributed by atoms with E-state index in [0.29, 0.717) is 6.54 Å². The average Bonchev–Trinajstić information content (AvgIpc) is 2.75. The predicted octanol–water partition coefficient (Wildman–Crippen LogP) is 2.78. The zero-order valence-electron chi connectivity index (χ0n) is 12.4. The summed E-state index contributed by atoms with van der Waals surface area (Å²) in [5, 5.41) is 8.59. The number of nitrogens with two attached hydrogens (primary N) is 1. The van der Waals surface area contributed by atoms with Crippen LogP contribution >= 0.6 is 0 Å². The molecule has 0 amide bonds. The fraction of sp³-hybridized carbons (Fsp3) is 0.467. The van der Waals surface area contributed by atoms with Gasteiger partial charge in [-0.25, -0.2) is 0 Å². The third-order valence-corrected chi connectivity index (χ3v) is 3.22. The summed E-state index contributed by atoms with van der Waals surface area (Å²) in [5.74, 6) is 1.72. The van der Waals surface area contributed by atoms with Crippen LogP contribution in [0.3, 0.4) is 0 Å². The summed E-state index contributed by atoms with van der Waals surface area (Å²) in [6, 6.07) is 6.39. The number of benzene rings is 1. The fourth-order valence-corrected chi connectivity index (χ4v) is 2.30. The van der Waals surface area contributed by atoms with Crippen LogP contribution in [-0.4, -0.2) is 14.8 Å². The Morgan fingerprint density at radius 3 is 2.42 bits per heavy atom. The number of aryl methyl sites for hydroxylation is 2. The van der Waals surface area contributed by atoms with Crippen molar-refractivity contribution in [1.29, 1.82) is 0 Å². The summed E-state index contributed by atoms with van der Waals surface area (Å²) in [6.07, 6.45) is 0. The molecule has 0 fully saturated rings. The third kappa shape index (κ3) is 2.54. The van der Waals surface area contributed by atoms with E-state index in [1.54, 1.807) is 0 Å². The van der Waals surface area contributed by atoms with Gasteiger partial charge < -0.3 is 10.3 Å². The van der Waals surface area contributed by atoms with Crippen molar-refractivity contribution in [2.75, 3.05) is 0 Å². The highest BCUT2D eigenvalue weighted by atomic mass is 15.3. The number of hydrogen-bond donors (Lipinski definition) is 1. The van der Waals surface area contributed by atoms with Gasteiger partial charge in [0, 0.05) is 11.1 Å². The Kier molecular flexibility index (Phi) is 3.45. The van der Waals surface area contributed by atoms with E-state index in [0.717, 1.165) is 17.2 Å². The molecule has 4 heteroatoms. The summed E-state index contributed by atoms with van der Waals surface area (Å²) in [6.45, 7) is 11.0. The largest absolute Gasteiger partial charge is 0.324 e. The van der Waals surface area contributed by atoms with Gasteiger partial charge in [-0.3, -0.25) is 0 Å². The number of nitrogens with zero attached hydrogens (tertiary/aromatic N) is 3. The Morgan fingerprint density at radius 1 is 1.16 bits per heavy atom. The van der Waals surface area contributed by atoms with E-state index in [1.807, 2.05) is 0 Å². The Bertz CT molecular complexity index is 591. The predicted molar refractivity (Wildman–Crippen MR) is 77.8 cm³/mol. The molecule has 0 radical (unpaired) electrons. The monoisotopic (exact) mass is 258 g/mol. The molecule has 0 saturated carbocycles. The number of hydrogen-bond acceptors (Lipinski definition) is 3. The summed E-state index contributed by atoms with van der Waals surface area (Å²) in [4.78, 5) is 0. The van der Waals surface area contributed by atoms with Gasteiger partial charge in [0.25, 0.3) is 0 Å². The van der Waals surface area contributed by atoms with Gasteiger partial charge in [-0.15, -0.1) is 10.2 Å². The van der Waals surface area contributed by atoms with Crippen molar-refractivity contribution in [1.82, 2.24) is 14.8 Å². The van der Waals surface area contributed by atoms with Gasteiger partial charge in [0.1, 0.15) is 5.82 Å². The molecule has 102 valence electrons. The molecule has 0 aliphatic carbocycles.